The molecule has 13 heavy (non-hydrogen) atoms. The average molecular weight is 200 g/mol. The largest absolute Gasteiger partial charge is 0.343 e. The molecule has 0 aliphatic heterocycles. The number of carbonyl (C=O) groups excluding carboxylic acids is 1. The summed E-state index contributed by atoms with van der Waals surface area (Å²) in [6.07, 6.45) is 8.36. The fourth-order valence-electron chi connectivity index (χ4n) is 1.53. The smallest absolute Gasteiger partial charge is 0.276 e. The lowest BCUT2D eigenvalue weighted by Crippen LogP contribution is -2.45. The van der Waals surface area contributed by atoms with Crippen LogP contribution >= 0.6 is 12.6 Å². The maximum atomic E-state index is 10.7. The van der Waals surface area contributed by atoms with Gasteiger partial charge in [-0.05, 0) is 19.3 Å². The molecule has 3 nitrogen and oxygen atoms in total. The van der Waals surface area contributed by atoms with Crippen molar-refractivity contribution in [3.63, 3.8) is 0 Å². The summed E-state index contributed by atoms with van der Waals surface area (Å²) >= 11 is 3.68. The third-order valence-corrected chi connectivity index (χ3v) is 2.40. The van der Waals surface area contributed by atoms with Crippen LogP contribution in [0.25, 0.3) is 0 Å². The van der Waals surface area contributed by atoms with Crippen LogP contribution in [0.4, 0.5) is 4.79 Å². The Balaban J connectivity index is 2.52. The van der Waals surface area contributed by atoms with Gasteiger partial charge in [0.2, 0.25) is 0 Å². The van der Waals surface area contributed by atoms with Gasteiger partial charge in [0.1, 0.15) is 0 Å². The first-order chi connectivity index (χ1) is 6.20. The van der Waals surface area contributed by atoms with E-state index in [1.165, 1.54) is 6.42 Å². The van der Waals surface area contributed by atoms with Gasteiger partial charge in [0.05, 0.1) is 0 Å². The van der Waals surface area contributed by atoms with Gasteiger partial charge < -0.3 is 11.1 Å². The van der Waals surface area contributed by atoms with Crippen molar-refractivity contribution in [2.75, 3.05) is 0 Å². The highest BCUT2D eigenvalue weighted by Gasteiger charge is 2.17. The minimum Gasteiger partial charge on any atom is -0.343 e. The summed E-state index contributed by atoms with van der Waals surface area (Å²) in [5, 5.41) is 2.45. The number of rotatable bonds is 1. The fraction of sp³-hybridized carbons (Fsp3) is 0.667. The number of amides is 1. The molecule has 0 heterocycles. The van der Waals surface area contributed by atoms with Gasteiger partial charge in [-0.2, -0.15) is 0 Å². The van der Waals surface area contributed by atoms with Crippen molar-refractivity contribution in [1.29, 1.82) is 0 Å². The van der Waals surface area contributed by atoms with Gasteiger partial charge in [0.25, 0.3) is 5.24 Å². The van der Waals surface area contributed by atoms with Crippen LogP contribution in [-0.4, -0.2) is 17.3 Å². The van der Waals surface area contributed by atoms with Crippen LogP contribution < -0.4 is 11.1 Å². The van der Waals surface area contributed by atoms with Crippen LogP contribution in [0.2, 0.25) is 0 Å². The number of hydrogen-bond donors (Lipinski definition) is 3. The van der Waals surface area contributed by atoms with Crippen molar-refractivity contribution in [3.8, 4) is 0 Å². The first-order valence-corrected chi connectivity index (χ1v) is 5.06. The molecule has 0 radical (unpaired) electrons. The molecule has 2 atom stereocenters. The molecule has 0 saturated carbocycles. The van der Waals surface area contributed by atoms with E-state index in [-0.39, 0.29) is 17.3 Å². The minimum absolute atomic E-state index is 0.0431. The number of nitrogens with two attached hydrogens (primary N) is 1. The standard InChI is InChI=1S/C9H16N2OS/c10-7-5-3-1-2-4-6-8(7)11-9(12)13/h3,5,7-8H,1-2,4,6,10H2,(H2,11,12,13)/b5-3+/t7-,8-/m1/s1. The van der Waals surface area contributed by atoms with E-state index in [0.717, 1.165) is 19.3 Å². The van der Waals surface area contributed by atoms with Crippen molar-refractivity contribution in [1.82, 2.24) is 5.32 Å². The van der Waals surface area contributed by atoms with Gasteiger partial charge in [-0.15, -0.1) is 0 Å². The summed E-state index contributed by atoms with van der Waals surface area (Å²) in [5.41, 5.74) is 5.86. The Hall–Kier alpha value is -0.480. The molecule has 0 saturated heterocycles. The third kappa shape index (κ3) is 3.83. The van der Waals surface area contributed by atoms with E-state index >= 15 is 0 Å². The molecule has 0 aromatic carbocycles. The summed E-state index contributed by atoms with van der Waals surface area (Å²) in [6.45, 7) is 0. The number of allylic oxidation sites excluding steroid dienone is 1. The SMILES string of the molecule is N[C@@H]1/C=C/CCCC[C@H]1NC(=O)S. The first-order valence-electron chi connectivity index (χ1n) is 4.62. The molecule has 1 aliphatic carbocycles. The molecule has 0 bridgehead atoms. The number of nitrogens with one attached hydrogen (secondary N) is 1. The van der Waals surface area contributed by atoms with E-state index in [1.54, 1.807) is 0 Å². The Kier molecular flexibility index (Phi) is 4.32. The van der Waals surface area contributed by atoms with Crippen LogP contribution in [0.3, 0.4) is 0 Å². The molecule has 0 aromatic rings. The maximum Gasteiger partial charge on any atom is 0.276 e. The summed E-state index contributed by atoms with van der Waals surface area (Å²) in [7, 11) is 0. The number of hydrogen-bond acceptors (Lipinski definition) is 2. The zero-order valence-corrected chi connectivity index (χ0v) is 8.47. The van der Waals surface area contributed by atoms with Crippen molar-refractivity contribution >= 4 is 17.9 Å². The molecule has 0 spiro atoms. The van der Waals surface area contributed by atoms with Crippen LogP contribution in [0, 0.1) is 0 Å². The predicted molar refractivity (Wildman–Crippen MR) is 56.9 cm³/mol. The molecule has 3 N–H and O–H groups in total. The van der Waals surface area contributed by atoms with E-state index < -0.39 is 0 Å². The molecule has 4 heteroatoms. The molecular weight excluding hydrogens is 184 g/mol. The highest BCUT2D eigenvalue weighted by Crippen LogP contribution is 2.11. The summed E-state index contributed by atoms with van der Waals surface area (Å²) in [6, 6.07) is -0.0297. The summed E-state index contributed by atoms with van der Waals surface area (Å²) < 4.78 is 0. The van der Waals surface area contributed by atoms with Gasteiger partial charge in [-0.3, -0.25) is 4.79 Å². The van der Waals surface area contributed by atoms with Crippen LogP contribution in [0.5, 0.6) is 0 Å². The lowest BCUT2D eigenvalue weighted by Gasteiger charge is -2.23. The number of carbonyl (C=O) groups is 1. The molecule has 0 fully saturated rings. The first kappa shape index (κ1) is 10.6. The summed E-state index contributed by atoms with van der Waals surface area (Å²) in [5.74, 6) is 0. The quantitative estimate of drug-likeness (QED) is 0.443. The predicted octanol–water partition coefficient (Wildman–Crippen LogP) is 1.45. The zero-order valence-electron chi connectivity index (χ0n) is 7.57. The maximum absolute atomic E-state index is 10.7. The number of thiol groups is 1. The highest BCUT2D eigenvalue weighted by atomic mass is 32.1. The van der Waals surface area contributed by atoms with Crippen LogP contribution in [0.15, 0.2) is 12.2 Å². The van der Waals surface area contributed by atoms with Gasteiger partial charge >= 0.3 is 0 Å². The van der Waals surface area contributed by atoms with E-state index in [1.807, 2.05) is 6.08 Å². The van der Waals surface area contributed by atoms with Gasteiger partial charge in [-0.1, -0.05) is 31.2 Å². The molecule has 1 amide bonds. The minimum atomic E-state index is -0.297. The topological polar surface area (TPSA) is 55.1 Å². The fourth-order valence-corrected chi connectivity index (χ4v) is 1.70. The molecule has 1 aliphatic rings. The molecule has 1 rings (SSSR count). The van der Waals surface area contributed by atoms with Crippen molar-refractivity contribution in [2.24, 2.45) is 5.73 Å². The lowest BCUT2D eigenvalue weighted by atomic mass is 9.98. The zero-order chi connectivity index (χ0) is 9.68. The Labute approximate surface area is 84.2 Å². The third-order valence-electron chi connectivity index (χ3n) is 2.27. The van der Waals surface area contributed by atoms with Gasteiger partial charge in [-0.25, -0.2) is 0 Å². The highest BCUT2D eigenvalue weighted by molar-refractivity contribution is 7.96. The molecule has 0 unspecified atom stereocenters. The average Bonchev–Trinajstić information content (AvgIpc) is 2.04. The van der Waals surface area contributed by atoms with E-state index in [0.29, 0.717) is 0 Å². The lowest BCUT2D eigenvalue weighted by molar-refractivity contribution is 0.255. The van der Waals surface area contributed by atoms with Crippen LogP contribution in [0.1, 0.15) is 25.7 Å². The second-order valence-electron chi connectivity index (χ2n) is 3.35. The van der Waals surface area contributed by atoms with E-state index in [2.05, 4.69) is 24.0 Å². The van der Waals surface area contributed by atoms with E-state index in [9.17, 15) is 4.79 Å². The Morgan fingerprint density at radius 2 is 2.31 bits per heavy atom. The second kappa shape index (κ2) is 5.29. The molecule has 0 aromatic heterocycles. The van der Waals surface area contributed by atoms with Crippen molar-refractivity contribution < 1.29 is 4.79 Å². The Morgan fingerprint density at radius 3 is 3.00 bits per heavy atom. The normalized spacial score (nSPS) is 31.5. The summed E-state index contributed by atoms with van der Waals surface area (Å²) in [4.78, 5) is 10.7. The van der Waals surface area contributed by atoms with E-state index in [4.69, 9.17) is 5.73 Å². The van der Waals surface area contributed by atoms with Gasteiger partial charge in [0.15, 0.2) is 0 Å². The molecule has 74 valence electrons. The van der Waals surface area contributed by atoms with Crippen molar-refractivity contribution in [2.45, 2.75) is 37.8 Å². The second-order valence-corrected chi connectivity index (χ2v) is 3.75. The molecular formula is C9H16N2OS. The monoisotopic (exact) mass is 200 g/mol. The van der Waals surface area contributed by atoms with Crippen LogP contribution in [-0.2, 0) is 0 Å². The van der Waals surface area contributed by atoms with Crippen molar-refractivity contribution in [3.05, 3.63) is 12.2 Å². The Bertz CT molecular complexity index is 206. The van der Waals surface area contributed by atoms with Gasteiger partial charge in [0, 0.05) is 12.1 Å². The Morgan fingerprint density at radius 1 is 1.54 bits per heavy atom.